The molecule has 1 atom stereocenters. The van der Waals surface area contributed by atoms with Crippen LogP contribution in [0.5, 0.6) is 0 Å². The number of H-pyrrole nitrogens is 1. The first-order valence-electron chi connectivity index (χ1n) is 8.78. The van der Waals surface area contributed by atoms with Crippen LogP contribution in [0.4, 0.5) is 0 Å². The van der Waals surface area contributed by atoms with E-state index in [1.54, 1.807) is 35.3 Å². The summed E-state index contributed by atoms with van der Waals surface area (Å²) in [6.45, 7) is 3.22. The molecule has 0 spiro atoms. The number of aromatic amines is 1. The van der Waals surface area contributed by atoms with Crippen LogP contribution < -0.4 is 0 Å². The molecule has 0 saturated carbocycles. The summed E-state index contributed by atoms with van der Waals surface area (Å²) in [5, 5.41) is 0. The number of imidazole rings is 1. The van der Waals surface area contributed by atoms with Crippen molar-refractivity contribution in [3.8, 4) is 11.4 Å². The van der Waals surface area contributed by atoms with Crippen LogP contribution >= 0.6 is 0 Å². The maximum Gasteiger partial charge on any atom is 0.255 e. The molecule has 0 radical (unpaired) electrons. The van der Waals surface area contributed by atoms with Crippen molar-refractivity contribution in [1.29, 1.82) is 0 Å². The topological polar surface area (TPSA) is 69.3 Å². The maximum absolute atomic E-state index is 13.3. The Labute approximate surface area is 147 Å². The number of benzene rings is 1. The van der Waals surface area contributed by atoms with Crippen LogP contribution in [-0.2, 0) is 4.79 Å². The van der Waals surface area contributed by atoms with E-state index >= 15 is 0 Å². The monoisotopic (exact) mass is 340 g/mol. The van der Waals surface area contributed by atoms with Crippen LogP contribution in [0, 0.1) is 0 Å². The van der Waals surface area contributed by atoms with Gasteiger partial charge in [-0.05, 0) is 12.5 Å². The normalized spacial score (nSPS) is 17.8. The molecule has 0 unspecified atom stereocenters. The van der Waals surface area contributed by atoms with Gasteiger partial charge < -0.3 is 14.8 Å². The predicted molar refractivity (Wildman–Crippen MR) is 96.0 cm³/mol. The SMILES string of the molecule is CCCC[C@@H]1C(=O)N(C)CCN1C(=O)c1ccccc1-c1ncc[nH]1. The third-order valence-corrected chi connectivity index (χ3v) is 4.72. The summed E-state index contributed by atoms with van der Waals surface area (Å²) >= 11 is 0. The molecule has 1 aromatic heterocycles. The third-order valence-electron chi connectivity index (χ3n) is 4.72. The molecule has 1 saturated heterocycles. The smallest absolute Gasteiger partial charge is 0.255 e. The summed E-state index contributed by atoms with van der Waals surface area (Å²) in [7, 11) is 1.81. The lowest BCUT2D eigenvalue weighted by Crippen LogP contribution is -2.57. The third kappa shape index (κ3) is 3.43. The molecular formula is C19H24N4O2. The molecule has 132 valence electrons. The number of aromatic nitrogens is 2. The van der Waals surface area contributed by atoms with Crippen LogP contribution in [0.25, 0.3) is 11.4 Å². The number of nitrogens with one attached hydrogen (secondary N) is 1. The van der Waals surface area contributed by atoms with Gasteiger partial charge in [0, 0.05) is 38.1 Å². The zero-order valence-electron chi connectivity index (χ0n) is 14.7. The van der Waals surface area contributed by atoms with Gasteiger partial charge in [-0.25, -0.2) is 4.98 Å². The number of carbonyl (C=O) groups excluding carboxylic acids is 2. The largest absolute Gasteiger partial charge is 0.345 e. The first kappa shape index (κ1) is 17.2. The Balaban J connectivity index is 1.93. The number of nitrogens with zero attached hydrogens (tertiary/aromatic N) is 3. The second-order valence-electron chi connectivity index (χ2n) is 6.40. The van der Waals surface area contributed by atoms with E-state index in [4.69, 9.17) is 0 Å². The Morgan fingerprint density at radius 1 is 1.32 bits per heavy atom. The summed E-state index contributed by atoms with van der Waals surface area (Å²) < 4.78 is 0. The molecular weight excluding hydrogens is 316 g/mol. The van der Waals surface area contributed by atoms with E-state index in [0.29, 0.717) is 30.9 Å². The number of hydrogen-bond donors (Lipinski definition) is 1. The number of amides is 2. The van der Waals surface area contributed by atoms with Gasteiger partial charge in [-0.3, -0.25) is 9.59 Å². The van der Waals surface area contributed by atoms with Gasteiger partial charge in [-0.2, -0.15) is 0 Å². The Bertz CT molecular complexity index is 742. The van der Waals surface area contributed by atoms with Crippen molar-refractivity contribution >= 4 is 11.8 Å². The Morgan fingerprint density at radius 3 is 2.84 bits per heavy atom. The molecule has 3 rings (SSSR count). The average molecular weight is 340 g/mol. The van der Waals surface area contributed by atoms with Gasteiger partial charge in [0.05, 0.1) is 5.56 Å². The van der Waals surface area contributed by atoms with Crippen molar-refractivity contribution < 1.29 is 9.59 Å². The first-order valence-corrected chi connectivity index (χ1v) is 8.78. The highest BCUT2D eigenvalue weighted by atomic mass is 16.2. The Hall–Kier alpha value is -2.63. The number of hydrogen-bond acceptors (Lipinski definition) is 3. The molecule has 1 aromatic carbocycles. The van der Waals surface area contributed by atoms with E-state index in [0.717, 1.165) is 18.4 Å². The fourth-order valence-electron chi connectivity index (χ4n) is 3.27. The summed E-state index contributed by atoms with van der Waals surface area (Å²) in [5.41, 5.74) is 1.34. The van der Waals surface area contributed by atoms with Gasteiger partial charge in [0.25, 0.3) is 5.91 Å². The second kappa shape index (κ2) is 7.51. The van der Waals surface area contributed by atoms with Crippen molar-refractivity contribution in [2.75, 3.05) is 20.1 Å². The van der Waals surface area contributed by atoms with E-state index in [-0.39, 0.29) is 17.9 Å². The minimum atomic E-state index is -0.379. The lowest BCUT2D eigenvalue weighted by molar-refractivity contribution is -0.138. The zero-order chi connectivity index (χ0) is 17.8. The van der Waals surface area contributed by atoms with Crippen molar-refractivity contribution in [3.05, 3.63) is 42.2 Å². The number of piperazine rings is 1. The fraction of sp³-hybridized carbons (Fsp3) is 0.421. The van der Waals surface area contributed by atoms with Gasteiger partial charge in [0.2, 0.25) is 5.91 Å². The van der Waals surface area contributed by atoms with Crippen LogP contribution in [0.2, 0.25) is 0 Å². The van der Waals surface area contributed by atoms with Gasteiger partial charge in [-0.15, -0.1) is 0 Å². The summed E-state index contributed by atoms with van der Waals surface area (Å²) in [6, 6.07) is 7.04. The highest BCUT2D eigenvalue weighted by Gasteiger charge is 2.36. The molecule has 1 aliphatic heterocycles. The molecule has 6 nitrogen and oxygen atoms in total. The lowest BCUT2D eigenvalue weighted by Gasteiger charge is -2.39. The number of rotatable bonds is 5. The molecule has 2 amide bonds. The van der Waals surface area contributed by atoms with Crippen molar-refractivity contribution in [2.45, 2.75) is 32.2 Å². The molecule has 2 aromatic rings. The van der Waals surface area contributed by atoms with E-state index in [1.165, 1.54) is 0 Å². The molecule has 1 N–H and O–H groups in total. The minimum absolute atomic E-state index is 0.0310. The number of likely N-dealkylation sites (N-methyl/N-ethyl adjacent to an activating group) is 1. The van der Waals surface area contributed by atoms with E-state index in [9.17, 15) is 9.59 Å². The summed E-state index contributed by atoms with van der Waals surface area (Å²) in [4.78, 5) is 36.6. The number of unbranched alkanes of at least 4 members (excludes halogenated alkanes) is 1. The van der Waals surface area contributed by atoms with Gasteiger partial charge in [0.15, 0.2) is 0 Å². The molecule has 1 fully saturated rings. The predicted octanol–water partition coefficient (Wildman–Crippen LogP) is 2.55. The molecule has 0 aliphatic carbocycles. The Kier molecular flexibility index (Phi) is 5.16. The van der Waals surface area contributed by atoms with Crippen LogP contribution in [0.1, 0.15) is 36.5 Å². The van der Waals surface area contributed by atoms with Crippen molar-refractivity contribution in [3.63, 3.8) is 0 Å². The lowest BCUT2D eigenvalue weighted by atomic mass is 10.0. The van der Waals surface area contributed by atoms with E-state index < -0.39 is 0 Å². The zero-order valence-corrected chi connectivity index (χ0v) is 14.7. The Morgan fingerprint density at radius 2 is 2.12 bits per heavy atom. The number of carbonyl (C=O) groups is 2. The molecule has 1 aliphatic rings. The minimum Gasteiger partial charge on any atom is -0.345 e. The maximum atomic E-state index is 13.3. The molecule has 2 heterocycles. The van der Waals surface area contributed by atoms with Gasteiger partial charge >= 0.3 is 0 Å². The average Bonchev–Trinajstić information content (AvgIpc) is 3.17. The second-order valence-corrected chi connectivity index (χ2v) is 6.40. The van der Waals surface area contributed by atoms with Gasteiger partial charge in [0.1, 0.15) is 11.9 Å². The summed E-state index contributed by atoms with van der Waals surface area (Å²) in [6.07, 6.45) is 6.03. The van der Waals surface area contributed by atoms with Crippen molar-refractivity contribution in [2.24, 2.45) is 0 Å². The fourth-order valence-corrected chi connectivity index (χ4v) is 3.27. The van der Waals surface area contributed by atoms with E-state index in [1.807, 2.05) is 18.2 Å². The van der Waals surface area contributed by atoms with Gasteiger partial charge in [-0.1, -0.05) is 38.0 Å². The first-order chi connectivity index (χ1) is 12.1. The molecule has 25 heavy (non-hydrogen) atoms. The summed E-state index contributed by atoms with van der Waals surface area (Å²) in [5.74, 6) is 0.590. The van der Waals surface area contributed by atoms with Crippen LogP contribution in [0.3, 0.4) is 0 Å². The van der Waals surface area contributed by atoms with Crippen LogP contribution in [0.15, 0.2) is 36.7 Å². The molecule has 0 bridgehead atoms. The highest BCUT2D eigenvalue weighted by molar-refractivity contribution is 6.02. The quantitative estimate of drug-likeness (QED) is 0.909. The van der Waals surface area contributed by atoms with Crippen LogP contribution in [-0.4, -0.2) is 57.8 Å². The van der Waals surface area contributed by atoms with E-state index in [2.05, 4.69) is 16.9 Å². The van der Waals surface area contributed by atoms with Crippen molar-refractivity contribution in [1.82, 2.24) is 19.8 Å². The highest BCUT2D eigenvalue weighted by Crippen LogP contribution is 2.25. The standard InChI is InChI=1S/C19H24N4O2/c1-3-4-9-16-19(25)22(2)12-13-23(16)18(24)15-8-6-5-7-14(15)17-20-10-11-21-17/h5-8,10-11,16H,3-4,9,12-13H2,1-2H3,(H,20,21)/t16-/m1/s1. The molecule has 6 heteroatoms.